The molecule has 0 heterocycles. The average Bonchev–Trinajstić information content (AvgIpc) is 2.70. The van der Waals surface area contributed by atoms with Crippen molar-refractivity contribution in [2.75, 3.05) is 13.6 Å². The normalized spacial score (nSPS) is 18.3. The first-order valence-electron chi connectivity index (χ1n) is 7.04. The number of carbonyl (C=O) groups is 1. The molecule has 1 fully saturated rings. The van der Waals surface area contributed by atoms with E-state index < -0.39 is 5.60 Å². The van der Waals surface area contributed by atoms with Gasteiger partial charge in [-0.15, -0.1) is 0 Å². The summed E-state index contributed by atoms with van der Waals surface area (Å²) in [4.78, 5) is 13.6. The number of likely N-dealkylation sites (N-methyl/N-ethyl adjacent to an activating group) is 1. The zero-order valence-electron chi connectivity index (χ0n) is 11.4. The van der Waals surface area contributed by atoms with Crippen molar-refractivity contribution in [3.8, 4) is 0 Å². The van der Waals surface area contributed by atoms with Gasteiger partial charge in [-0.25, -0.2) is 0 Å². The van der Waals surface area contributed by atoms with E-state index in [0.29, 0.717) is 13.0 Å². The average molecular weight is 241 g/mol. The van der Waals surface area contributed by atoms with Crippen molar-refractivity contribution in [2.45, 2.75) is 70.3 Å². The molecule has 0 saturated heterocycles. The fraction of sp³-hybridized carbons (Fsp3) is 0.929. The van der Waals surface area contributed by atoms with Crippen LogP contribution in [0.4, 0.5) is 0 Å². The Hall–Kier alpha value is -0.570. The quantitative estimate of drug-likeness (QED) is 0.696. The molecule has 1 N–H and O–H groups in total. The summed E-state index contributed by atoms with van der Waals surface area (Å²) in [6.45, 7) is 2.68. The minimum atomic E-state index is -0.603. The van der Waals surface area contributed by atoms with E-state index in [1.54, 1.807) is 4.90 Å². The third kappa shape index (κ3) is 5.07. The van der Waals surface area contributed by atoms with Crippen LogP contribution < -0.4 is 0 Å². The fourth-order valence-corrected chi connectivity index (χ4v) is 2.61. The number of unbranched alkanes of at least 4 members (excludes halogenated alkanes) is 3. The van der Waals surface area contributed by atoms with Crippen LogP contribution in [0, 0.1) is 0 Å². The third-order valence-electron chi connectivity index (χ3n) is 3.74. The SMILES string of the molecule is CCCCCCC(=O)N(C)CC1(O)CCCC1. The van der Waals surface area contributed by atoms with Crippen molar-refractivity contribution in [3.05, 3.63) is 0 Å². The molecule has 0 aliphatic heterocycles. The molecule has 0 radical (unpaired) electrons. The molecular formula is C14H27NO2. The molecule has 0 aromatic carbocycles. The standard InChI is InChI=1S/C14H27NO2/c1-3-4-5-6-9-13(16)15(2)12-14(17)10-7-8-11-14/h17H,3-12H2,1-2H3. The minimum Gasteiger partial charge on any atom is -0.388 e. The van der Waals surface area contributed by atoms with Crippen LogP contribution >= 0.6 is 0 Å². The second-order valence-corrected chi connectivity index (χ2v) is 5.49. The molecule has 100 valence electrons. The van der Waals surface area contributed by atoms with E-state index in [9.17, 15) is 9.90 Å². The molecule has 0 aromatic heterocycles. The molecule has 1 amide bonds. The number of carbonyl (C=O) groups excluding carboxylic acids is 1. The summed E-state index contributed by atoms with van der Waals surface area (Å²) >= 11 is 0. The Labute approximate surface area is 105 Å². The minimum absolute atomic E-state index is 0.182. The van der Waals surface area contributed by atoms with Gasteiger partial charge in [0.2, 0.25) is 5.91 Å². The predicted molar refractivity (Wildman–Crippen MR) is 69.8 cm³/mol. The molecule has 0 unspecified atom stereocenters. The molecule has 1 rings (SSSR count). The predicted octanol–water partition coefficient (Wildman–Crippen LogP) is 2.72. The van der Waals surface area contributed by atoms with Gasteiger partial charge in [-0.05, 0) is 19.3 Å². The van der Waals surface area contributed by atoms with Crippen LogP contribution in [-0.2, 0) is 4.79 Å². The van der Waals surface area contributed by atoms with Gasteiger partial charge < -0.3 is 10.0 Å². The number of hydrogen-bond donors (Lipinski definition) is 1. The highest BCUT2D eigenvalue weighted by molar-refractivity contribution is 5.75. The molecular weight excluding hydrogens is 214 g/mol. The van der Waals surface area contributed by atoms with Crippen molar-refractivity contribution < 1.29 is 9.90 Å². The number of rotatable bonds is 7. The smallest absolute Gasteiger partial charge is 0.222 e. The molecule has 0 bridgehead atoms. The van der Waals surface area contributed by atoms with Crippen LogP contribution in [0.2, 0.25) is 0 Å². The second kappa shape index (κ2) is 7.00. The highest BCUT2D eigenvalue weighted by atomic mass is 16.3. The maximum Gasteiger partial charge on any atom is 0.222 e. The number of amides is 1. The van der Waals surface area contributed by atoms with Gasteiger partial charge in [-0.3, -0.25) is 4.79 Å². The highest BCUT2D eigenvalue weighted by Gasteiger charge is 2.33. The summed E-state index contributed by atoms with van der Waals surface area (Å²) in [5.74, 6) is 0.182. The van der Waals surface area contributed by atoms with Crippen molar-refractivity contribution in [1.82, 2.24) is 4.90 Å². The van der Waals surface area contributed by atoms with E-state index in [1.807, 2.05) is 7.05 Å². The van der Waals surface area contributed by atoms with Crippen LogP contribution in [0.25, 0.3) is 0 Å². The summed E-state index contributed by atoms with van der Waals surface area (Å²) in [7, 11) is 1.82. The van der Waals surface area contributed by atoms with Gasteiger partial charge in [-0.1, -0.05) is 39.0 Å². The molecule has 1 aliphatic carbocycles. The lowest BCUT2D eigenvalue weighted by Crippen LogP contribution is -2.41. The zero-order chi connectivity index (χ0) is 12.7. The molecule has 0 spiro atoms. The number of aliphatic hydroxyl groups is 1. The fourth-order valence-electron chi connectivity index (χ4n) is 2.61. The van der Waals surface area contributed by atoms with E-state index in [-0.39, 0.29) is 5.91 Å². The Morgan fingerprint density at radius 1 is 1.24 bits per heavy atom. The van der Waals surface area contributed by atoms with Crippen LogP contribution in [0.15, 0.2) is 0 Å². The van der Waals surface area contributed by atoms with E-state index in [0.717, 1.165) is 38.5 Å². The van der Waals surface area contributed by atoms with Crippen LogP contribution in [0.3, 0.4) is 0 Å². The first kappa shape index (κ1) is 14.5. The highest BCUT2D eigenvalue weighted by Crippen LogP contribution is 2.30. The maximum atomic E-state index is 11.9. The molecule has 0 aromatic rings. The largest absolute Gasteiger partial charge is 0.388 e. The van der Waals surface area contributed by atoms with Crippen molar-refractivity contribution in [1.29, 1.82) is 0 Å². The monoisotopic (exact) mass is 241 g/mol. The maximum absolute atomic E-state index is 11.9. The van der Waals surface area contributed by atoms with Gasteiger partial charge in [0.1, 0.15) is 0 Å². The second-order valence-electron chi connectivity index (χ2n) is 5.49. The summed E-state index contributed by atoms with van der Waals surface area (Å²) in [5.41, 5.74) is -0.603. The first-order valence-corrected chi connectivity index (χ1v) is 7.04. The van der Waals surface area contributed by atoms with Gasteiger partial charge in [0.15, 0.2) is 0 Å². The summed E-state index contributed by atoms with van der Waals surface area (Å²) < 4.78 is 0. The molecule has 3 nitrogen and oxygen atoms in total. The third-order valence-corrected chi connectivity index (χ3v) is 3.74. The van der Waals surface area contributed by atoms with Gasteiger partial charge in [0.05, 0.1) is 5.60 Å². The van der Waals surface area contributed by atoms with E-state index in [4.69, 9.17) is 0 Å². The lowest BCUT2D eigenvalue weighted by molar-refractivity contribution is -0.133. The molecule has 3 heteroatoms. The molecule has 1 aliphatic rings. The van der Waals surface area contributed by atoms with E-state index >= 15 is 0 Å². The Morgan fingerprint density at radius 2 is 1.88 bits per heavy atom. The summed E-state index contributed by atoms with van der Waals surface area (Å²) in [6.07, 6.45) is 9.04. The lowest BCUT2D eigenvalue weighted by Gasteiger charge is -2.28. The zero-order valence-corrected chi connectivity index (χ0v) is 11.4. The van der Waals surface area contributed by atoms with E-state index in [1.165, 1.54) is 12.8 Å². The molecule has 1 saturated carbocycles. The molecule has 17 heavy (non-hydrogen) atoms. The Balaban J connectivity index is 2.22. The number of hydrogen-bond acceptors (Lipinski definition) is 2. The Morgan fingerprint density at radius 3 is 2.47 bits per heavy atom. The van der Waals surface area contributed by atoms with Gasteiger partial charge in [0.25, 0.3) is 0 Å². The topological polar surface area (TPSA) is 40.5 Å². The first-order chi connectivity index (χ1) is 8.07. The van der Waals surface area contributed by atoms with Gasteiger partial charge in [-0.2, -0.15) is 0 Å². The van der Waals surface area contributed by atoms with Crippen LogP contribution in [0.1, 0.15) is 64.7 Å². The summed E-state index contributed by atoms with van der Waals surface area (Å²) in [6, 6.07) is 0. The van der Waals surface area contributed by atoms with Gasteiger partial charge in [0, 0.05) is 20.0 Å². The van der Waals surface area contributed by atoms with Crippen LogP contribution in [-0.4, -0.2) is 35.1 Å². The van der Waals surface area contributed by atoms with Crippen molar-refractivity contribution >= 4 is 5.91 Å². The van der Waals surface area contributed by atoms with E-state index in [2.05, 4.69) is 6.92 Å². The van der Waals surface area contributed by atoms with Crippen molar-refractivity contribution in [2.24, 2.45) is 0 Å². The van der Waals surface area contributed by atoms with Crippen molar-refractivity contribution in [3.63, 3.8) is 0 Å². The summed E-state index contributed by atoms with van der Waals surface area (Å²) in [5, 5.41) is 10.2. The Kier molecular flexibility index (Phi) is 5.96. The van der Waals surface area contributed by atoms with Gasteiger partial charge >= 0.3 is 0 Å². The molecule has 0 atom stereocenters. The Bertz CT molecular complexity index is 234. The lowest BCUT2D eigenvalue weighted by atomic mass is 10.0. The van der Waals surface area contributed by atoms with Crippen LogP contribution in [0.5, 0.6) is 0 Å². The number of nitrogens with zero attached hydrogens (tertiary/aromatic N) is 1.